The first-order chi connectivity index (χ1) is 35.3. The van der Waals surface area contributed by atoms with Crippen molar-refractivity contribution in [1.29, 1.82) is 0 Å². The van der Waals surface area contributed by atoms with Crippen LogP contribution in [-0.4, -0.2) is 168 Å². The first-order valence-electron chi connectivity index (χ1n) is 26.6. The van der Waals surface area contributed by atoms with Crippen molar-refractivity contribution >= 4 is 23.9 Å². The average molecular weight is 1070 g/mol. The van der Waals surface area contributed by atoms with Crippen LogP contribution in [0.5, 0.6) is 0 Å². The minimum atomic E-state index is -1.98. The summed E-state index contributed by atoms with van der Waals surface area (Å²) in [5.41, 5.74) is 5.60. The van der Waals surface area contributed by atoms with Crippen molar-refractivity contribution in [3.63, 3.8) is 0 Å². The van der Waals surface area contributed by atoms with Crippen LogP contribution in [0.3, 0.4) is 0 Å². The maximum atomic E-state index is 13.3. The molecule has 0 aliphatic carbocycles. The van der Waals surface area contributed by atoms with Gasteiger partial charge in [-0.1, -0.05) is 83.2 Å². The number of carbonyl (C=O) groups is 4. The van der Waals surface area contributed by atoms with Crippen LogP contribution in [0, 0.1) is 29.6 Å². The Morgan fingerprint density at radius 2 is 1.45 bits per heavy atom. The van der Waals surface area contributed by atoms with Gasteiger partial charge in [-0.2, -0.15) is 0 Å². The number of allylic oxidation sites excluding steroid dienone is 6. The number of hydrogen-bond acceptors (Lipinski definition) is 17. The van der Waals surface area contributed by atoms with Crippen molar-refractivity contribution in [2.24, 2.45) is 35.3 Å². The number of primary amides is 1. The van der Waals surface area contributed by atoms with Gasteiger partial charge in [0.2, 0.25) is 0 Å². The molecule has 2 amide bonds. The number of urea groups is 1. The number of nitrogens with two attached hydrogens (primary N) is 1. The van der Waals surface area contributed by atoms with E-state index in [-0.39, 0.29) is 69.6 Å². The fraction of sp³-hybridized carbons (Fsp3) is 0.745. The molecule has 0 spiro atoms. The first kappa shape index (κ1) is 67.1. The number of carboxylic acids is 1. The third-order valence-corrected chi connectivity index (χ3v) is 14.5. The molecular formula is C55H92N2O18. The third kappa shape index (κ3) is 25.3. The monoisotopic (exact) mass is 1070 g/mol. The molecule has 430 valence electrons. The number of hydrogen-bond donors (Lipinski definition) is 12. The molecule has 1 fully saturated rings. The molecule has 0 aromatic rings. The Kier molecular flexibility index (Phi) is 31.0. The lowest BCUT2D eigenvalue weighted by molar-refractivity contribution is -0.343. The normalized spacial score (nSPS) is 37.6. The number of nitrogens with one attached hydrogen (secondary N) is 1. The van der Waals surface area contributed by atoms with Crippen LogP contribution < -0.4 is 11.1 Å². The topological polar surface area (TPSA) is 346 Å². The quantitative estimate of drug-likeness (QED) is 0.0540. The molecule has 2 rings (SSSR count). The second-order valence-corrected chi connectivity index (χ2v) is 21.0. The zero-order valence-corrected chi connectivity index (χ0v) is 45.1. The number of cyclic esters (lactones) is 1. The number of unbranched alkanes of at least 4 members (excludes halogenated alkanes) is 2. The fourth-order valence-electron chi connectivity index (χ4n) is 9.47. The van der Waals surface area contributed by atoms with Gasteiger partial charge in [-0.25, -0.2) is 9.59 Å². The number of aliphatic hydroxyl groups excluding tert-OH is 9. The number of carboxylic acid groups (broad SMARTS) is 1. The number of methoxy groups -OCH3 is 1. The van der Waals surface area contributed by atoms with E-state index in [2.05, 4.69) is 11.4 Å². The van der Waals surface area contributed by atoms with E-state index in [0.717, 1.165) is 32.1 Å². The van der Waals surface area contributed by atoms with E-state index in [1.54, 1.807) is 52.0 Å². The number of rotatable bonds is 13. The Bertz CT molecular complexity index is 1860. The molecule has 18 unspecified atom stereocenters. The minimum Gasteiger partial charge on any atom is -0.481 e. The summed E-state index contributed by atoms with van der Waals surface area (Å²) in [6, 6.07) is -0.561. The van der Waals surface area contributed by atoms with Gasteiger partial charge in [-0.05, 0) is 75.7 Å². The summed E-state index contributed by atoms with van der Waals surface area (Å²) < 4.78 is 23.4. The average Bonchev–Trinajstić information content (AvgIpc) is 3.33. The molecule has 2 aliphatic rings. The van der Waals surface area contributed by atoms with Gasteiger partial charge in [-0.3, -0.25) is 9.59 Å². The first-order valence-corrected chi connectivity index (χ1v) is 26.6. The number of aliphatic carboxylic acids is 1. The molecule has 75 heavy (non-hydrogen) atoms. The number of amides is 2. The van der Waals surface area contributed by atoms with Crippen LogP contribution in [-0.2, 0) is 33.3 Å². The van der Waals surface area contributed by atoms with Crippen LogP contribution in [0.4, 0.5) is 4.79 Å². The molecule has 20 nitrogen and oxygen atoms in total. The van der Waals surface area contributed by atoms with Crippen LogP contribution >= 0.6 is 0 Å². The van der Waals surface area contributed by atoms with Gasteiger partial charge in [0.1, 0.15) is 24.7 Å². The lowest BCUT2D eigenvalue weighted by Gasteiger charge is -2.47. The summed E-state index contributed by atoms with van der Waals surface area (Å²) >= 11 is 0. The lowest BCUT2D eigenvalue weighted by Crippen LogP contribution is -2.61. The largest absolute Gasteiger partial charge is 0.481 e. The van der Waals surface area contributed by atoms with E-state index in [9.17, 15) is 70.2 Å². The molecule has 0 radical (unpaired) electrons. The van der Waals surface area contributed by atoms with Gasteiger partial charge in [0.15, 0.2) is 5.79 Å². The lowest BCUT2D eigenvalue weighted by atomic mass is 9.83. The summed E-state index contributed by atoms with van der Waals surface area (Å²) in [6.07, 6.45) is 3.02. The van der Waals surface area contributed by atoms with Crippen LogP contribution in [0.25, 0.3) is 0 Å². The van der Waals surface area contributed by atoms with E-state index in [4.69, 9.17) is 24.7 Å². The van der Waals surface area contributed by atoms with E-state index in [1.807, 2.05) is 26.0 Å². The standard InChI is InChI=1S/C55H92N2O18/c1-33-17-13-14-21-50(68)74-52(36(4)18-12-10-8-9-11-15-24-57-54(56)71)37(5)20-16-19-34(2)44(61)27-40(59)25-39(58)26-41(73-51(69)31-49(66)67)28-42-29-47(64)53(70)55(72-7,75-42)32-48(65)35(3)22-23-43(60)38(6)46(63)30-45(33)62/h8-9,13-14,16-17,19-21,33,35-48,52-53,58-65,70H,10-12,15,18,22-32H2,1-7H3,(H,66,67)(H3,56,57,71)/b9-8+,17-13+,20-16+,21-14+,34-19+. The van der Waals surface area contributed by atoms with E-state index < -0.39 is 127 Å². The molecule has 2 aliphatic heterocycles. The zero-order chi connectivity index (χ0) is 56.4. The molecule has 0 saturated carbocycles. The summed E-state index contributed by atoms with van der Waals surface area (Å²) in [6.45, 7) is 11.2. The van der Waals surface area contributed by atoms with Gasteiger partial charge < -0.3 is 81.1 Å². The highest BCUT2D eigenvalue weighted by Gasteiger charge is 2.51. The van der Waals surface area contributed by atoms with Gasteiger partial charge in [-0.15, -0.1) is 0 Å². The zero-order valence-electron chi connectivity index (χ0n) is 45.1. The highest BCUT2D eigenvalue weighted by molar-refractivity contribution is 5.90. The van der Waals surface area contributed by atoms with E-state index in [0.29, 0.717) is 12.1 Å². The molecular weight excluding hydrogens is 977 g/mol. The maximum Gasteiger partial charge on any atom is 0.331 e. The van der Waals surface area contributed by atoms with Gasteiger partial charge in [0, 0.05) is 76.0 Å². The highest BCUT2D eigenvalue weighted by atomic mass is 16.7. The van der Waals surface area contributed by atoms with Gasteiger partial charge in [0.05, 0.1) is 54.9 Å². The maximum absolute atomic E-state index is 13.3. The molecule has 0 aromatic carbocycles. The van der Waals surface area contributed by atoms with Crippen molar-refractivity contribution in [2.75, 3.05) is 13.7 Å². The van der Waals surface area contributed by atoms with Gasteiger partial charge >= 0.3 is 23.9 Å². The number of ether oxygens (including phenoxy) is 4. The molecule has 0 aromatic heterocycles. The summed E-state index contributed by atoms with van der Waals surface area (Å²) in [4.78, 5) is 48.2. The van der Waals surface area contributed by atoms with Gasteiger partial charge in [0.25, 0.3) is 0 Å². The number of carbonyl (C=O) groups excluding carboxylic acids is 3. The predicted molar refractivity (Wildman–Crippen MR) is 279 cm³/mol. The summed E-state index contributed by atoms with van der Waals surface area (Å²) in [5, 5.41) is 112. The van der Waals surface area contributed by atoms with Crippen LogP contribution in [0.1, 0.15) is 138 Å². The van der Waals surface area contributed by atoms with E-state index in [1.165, 1.54) is 19.3 Å². The van der Waals surface area contributed by atoms with Crippen molar-refractivity contribution < 1.29 is 89.2 Å². The predicted octanol–water partition coefficient (Wildman–Crippen LogP) is 3.77. The third-order valence-electron chi connectivity index (χ3n) is 14.5. The number of fused-ring (bicyclic) bond motifs is 2. The molecule has 20 heteroatoms. The molecule has 2 heterocycles. The number of aliphatic hydroxyl groups is 9. The van der Waals surface area contributed by atoms with E-state index >= 15 is 0 Å². The Morgan fingerprint density at radius 3 is 2.11 bits per heavy atom. The van der Waals surface area contributed by atoms with Crippen molar-refractivity contribution in [3.8, 4) is 0 Å². The Labute approximate surface area is 443 Å². The summed E-state index contributed by atoms with van der Waals surface area (Å²) in [7, 11) is 1.22. The smallest absolute Gasteiger partial charge is 0.331 e. The minimum absolute atomic E-state index is 0.0633. The molecule has 1 saturated heterocycles. The van der Waals surface area contributed by atoms with Crippen molar-refractivity contribution in [1.82, 2.24) is 5.32 Å². The van der Waals surface area contributed by atoms with Crippen molar-refractivity contribution in [2.45, 2.75) is 217 Å². The molecule has 2 bridgehead atoms. The SMILES string of the molecule is COC12CC(O)C(C)CCC(O)C(C)C(O)CC(O)C(C)/C=C/C=C/C(=O)OC(C(C)CCC/C=C/CCCNC(N)=O)C(C)/C=C/C=C(\C)C(O)CC(O)CC(O)CC(OC(=O)CC(=O)O)CC(CC(O)C1O)O2. The molecule has 13 N–H and O–H groups in total. The second-order valence-electron chi connectivity index (χ2n) is 21.0. The Hall–Kier alpha value is -4.06. The Morgan fingerprint density at radius 1 is 0.800 bits per heavy atom. The summed E-state index contributed by atoms with van der Waals surface area (Å²) in [5.74, 6) is -7.19. The fourth-order valence-corrected chi connectivity index (χ4v) is 9.47. The molecule has 18 atom stereocenters. The highest BCUT2D eigenvalue weighted by Crippen LogP contribution is 2.38. The van der Waals surface area contributed by atoms with Crippen LogP contribution in [0.2, 0.25) is 0 Å². The van der Waals surface area contributed by atoms with Crippen LogP contribution in [0.15, 0.2) is 60.3 Å². The second kappa shape index (κ2) is 34.7. The van der Waals surface area contributed by atoms with Crippen molar-refractivity contribution in [3.05, 3.63) is 60.3 Å². The Balaban J connectivity index is 2.43. The number of esters is 2.